The highest BCUT2D eigenvalue weighted by Gasteiger charge is 2.10. The molecule has 0 bridgehead atoms. The van der Waals surface area contributed by atoms with Crippen LogP contribution in [0.15, 0.2) is 0 Å². The molecule has 0 aromatic heterocycles. The van der Waals surface area contributed by atoms with Crippen LogP contribution in [0.2, 0.25) is 12.1 Å². The van der Waals surface area contributed by atoms with Crippen molar-refractivity contribution in [2.24, 2.45) is 5.92 Å². The van der Waals surface area contributed by atoms with Gasteiger partial charge in [-0.05, 0) is 5.92 Å². The molecule has 0 amide bonds. The fourth-order valence-corrected chi connectivity index (χ4v) is 2.09. The van der Waals surface area contributed by atoms with Crippen LogP contribution < -0.4 is 0 Å². The van der Waals surface area contributed by atoms with Gasteiger partial charge in [-0.2, -0.15) is 0 Å². The summed E-state index contributed by atoms with van der Waals surface area (Å²) in [5.74, 6) is 1.68. The summed E-state index contributed by atoms with van der Waals surface area (Å²) in [6.07, 6.45) is 12.6. The summed E-state index contributed by atoms with van der Waals surface area (Å²) in [6, 6.07) is 0. The molecule has 1 radical (unpaired) electrons. The van der Waals surface area contributed by atoms with Crippen LogP contribution in [0, 0.1) is 5.92 Å². The van der Waals surface area contributed by atoms with E-state index in [1.165, 1.54) is 57.7 Å². The van der Waals surface area contributed by atoms with Gasteiger partial charge in [-0.1, -0.05) is 91.2 Å². The van der Waals surface area contributed by atoms with Crippen LogP contribution in [0.5, 0.6) is 0 Å². The second kappa shape index (κ2) is 11.5. The van der Waals surface area contributed by atoms with E-state index in [-0.39, 0.29) is 0 Å². The molecule has 0 aromatic rings. The van der Waals surface area contributed by atoms with Crippen molar-refractivity contribution in [2.45, 2.75) is 91.2 Å². The molecule has 0 heterocycles. The Balaban J connectivity index is 3.14. The first-order chi connectivity index (χ1) is 7.72. The summed E-state index contributed by atoms with van der Waals surface area (Å²) in [5, 5.41) is 0. The summed E-state index contributed by atoms with van der Waals surface area (Å²) in [4.78, 5) is 0. The molecule has 16 heavy (non-hydrogen) atoms. The van der Waals surface area contributed by atoms with Crippen LogP contribution in [0.1, 0.15) is 79.1 Å². The normalized spacial score (nSPS) is 14.8. The third-order valence-electron chi connectivity index (χ3n) is 3.89. The summed E-state index contributed by atoms with van der Waals surface area (Å²) in [7, 11) is 2.54. The Bertz CT molecular complexity index is 133. The molecule has 0 fully saturated rings. The first kappa shape index (κ1) is 16.1. The third-order valence-corrected chi connectivity index (χ3v) is 3.89. The number of hydrogen-bond acceptors (Lipinski definition) is 0. The fraction of sp³-hybridized carbons (Fsp3) is 1.00. The molecule has 0 N–H and O–H groups in total. The lowest BCUT2D eigenvalue weighted by atomic mass is 9.57. The van der Waals surface area contributed by atoms with Gasteiger partial charge in [0.25, 0.3) is 0 Å². The maximum atomic E-state index is 2.54. The molecule has 2 atom stereocenters. The van der Waals surface area contributed by atoms with Crippen molar-refractivity contribution >= 4 is 7.28 Å². The molecule has 0 aliphatic heterocycles. The predicted octanol–water partition coefficient (Wildman–Crippen LogP) is 5.71. The van der Waals surface area contributed by atoms with Gasteiger partial charge in [0.05, 0.1) is 0 Å². The fourth-order valence-electron chi connectivity index (χ4n) is 2.09. The highest BCUT2D eigenvalue weighted by molar-refractivity contribution is 6.37. The first-order valence-electron chi connectivity index (χ1n) is 7.55. The Morgan fingerprint density at radius 2 is 1.38 bits per heavy atom. The zero-order valence-electron chi connectivity index (χ0n) is 12.1. The van der Waals surface area contributed by atoms with E-state index in [0.29, 0.717) is 0 Å². The molecule has 0 aromatic carbocycles. The van der Waals surface area contributed by atoms with Gasteiger partial charge >= 0.3 is 0 Å². The molecule has 95 valence electrons. The van der Waals surface area contributed by atoms with Crippen LogP contribution in [0.3, 0.4) is 0 Å². The molecular formula is C15H32B. The van der Waals surface area contributed by atoms with Crippen LogP contribution in [-0.4, -0.2) is 7.28 Å². The van der Waals surface area contributed by atoms with Gasteiger partial charge in [-0.3, -0.25) is 0 Å². The average Bonchev–Trinajstić information content (AvgIpc) is 2.31. The van der Waals surface area contributed by atoms with Crippen LogP contribution in [0.4, 0.5) is 0 Å². The highest BCUT2D eigenvalue weighted by atomic mass is 14.0. The van der Waals surface area contributed by atoms with E-state index in [1.807, 2.05) is 0 Å². The predicted molar refractivity (Wildman–Crippen MR) is 77.4 cm³/mol. The van der Waals surface area contributed by atoms with Gasteiger partial charge in [-0.15, -0.1) is 0 Å². The minimum atomic E-state index is 0.810. The van der Waals surface area contributed by atoms with E-state index in [2.05, 4.69) is 35.0 Å². The van der Waals surface area contributed by atoms with E-state index >= 15 is 0 Å². The Morgan fingerprint density at radius 3 is 1.94 bits per heavy atom. The Labute approximate surface area is 105 Å². The molecule has 0 saturated heterocycles. The van der Waals surface area contributed by atoms with Crippen molar-refractivity contribution in [1.29, 1.82) is 0 Å². The average molecular weight is 223 g/mol. The molecule has 2 unspecified atom stereocenters. The first-order valence-corrected chi connectivity index (χ1v) is 7.55. The largest absolute Gasteiger partial charge is 0.113 e. The number of hydrogen-bond donors (Lipinski definition) is 0. The Kier molecular flexibility index (Phi) is 11.6. The second-order valence-electron chi connectivity index (χ2n) is 5.39. The lowest BCUT2D eigenvalue weighted by Gasteiger charge is -2.16. The van der Waals surface area contributed by atoms with E-state index in [9.17, 15) is 0 Å². The molecule has 1 heteroatoms. The molecule has 0 rings (SSSR count). The SMILES string of the molecule is CCCCCCCCC[B]C(C)C(C)CC. The monoisotopic (exact) mass is 223 g/mol. The van der Waals surface area contributed by atoms with Crippen LogP contribution in [0.25, 0.3) is 0 Å². The topological polar surface area (TPSA) is 0 Å². The van der Waals surface area contributed by atoms with Crippen molar-refractivity contribution < 1.29 is 0 Å². The number of rotatable bonds is 11. The molecule has 0 aliphatic rings. The quantitative estimate of drug-likeness (QED) is 0.310. The number of unbranched alkanes of at least 4 members (excludes halogenated alkanes) is 6. The van der Waals surface area contributed by atoms with Crippen LogP contribution in [-0.2, 0) is 0 Å². The van der Waals surface area contributed by atoms with E-state index < -0.39 is 0 Å². The molecule has 0 nitrogen and oxygen atoms in total. The van der Waals surface area contributed by atoms with Crippen LogP contribution >= 0.6 is 0 Å². The van der Waals surface area contributed by atoms with Gasteiger partial charge in [0, 0.05) is 0 Å². The minimum absolute atomic E-state index is 0.810. The zero-order valence-corrected chi connectivity index (χ0v) is 12.1. The Morgan fingerprint density at radius 1 is 0.812 bits per heavy atom. The minimum Gasteiger partial charge on any atom is -0.0800 e. The van der Waals surface area contributed by atoms with Gasteiger partial charge < -0.3 is 0 Å². The van der Waals surface area contributed by atoms with Gasteiger partial charge in [0.2, 0.25) is 0 Å². The van der Waals surface area contributed by atoms with E-state index in [1.54, 1.807) is 0 Å². The lowest BCUT2D eigenvalue weighted by Crippen LogP contribution is -2.08. The van der Waals surface area contributed by atoms with Crippen molar-refractivity contribution in [3.05, 3.63) is 0 Å². The van der Waals surface area contributed by atoms with Crippen molar-refractivity contribution in [3.8, 4) is 0 Å². The van der Waals surface area contributed by atoms with E-state index in [0.717, 1.165) is 11.7 Å². The Hall–Kier alpha value is 0.0649. The van der Waals surface area contributed by atoms with Crippen molar-refractivity contribution in [2.75, 3.05) is 0 Å². The summed E-state index contributed by atoms with van der Waals surface area (Å²) in [6.45, 7) is 9.31. The maximum absolute atomic E-state index is 2.54. The molecular weight excluding hydrogens is 191 g/mol. The highest BCUT2D eigenvalue weighted by Crippen LogP contribution is 2.21. The van der Waals surface area contributed by atoms with Gasteiger partial charge in [0.15, 0.2) is 0 Å². The smallest absolute Gasteiger partial charge is 0.0800 e. The third kappa shape index (κ3) is 9.30. The van der Waals surface area contributed by atoms with Gasteiger partial charge in [-0.25, -0.2) is 0 Å². The van der Waals surface area contributed by atoms with E-state index in [4.69, 9.17) is 0 Å². The summed E-state index contributed by atoms with van der Waals surface area (Å²) < 4.78 is 0. The summed E-state index contributed by atoms with van der Waals surface area (Å²) in [5.41, 5.74) is 0. The summed E-state index contributed by atoms with van der Waals surface area (Å²) >= 11 is 0. The second-order valence-corrected chi connectivity index (χ2v) is 5.39. The molecule has 0 spiro atoms. The van der Waals surface area contributed by atoms with Crippen molar-refractivity contribution in [1.82, 2.24) is 0 Å². The van der Waals surface area contributed by atoms with Gasteiger partial charge in [0.1, 0.15) is 7.28 Å². The van der Waals surface area contributed by atoms with Crippen molar-refractivity contribution in [3.63, 3.8) is 0 Å². The maximum Gasteiger partial charge on any atom is 0.113 e. The molecule has 0 aliphatic carbocycles. The molecule has 0 saturated carbocycles. The lowest BCUT2D eigenvalue weighted by molar-refractivity contribution is 0.536. The standard InChI is InChI=1S/C15H32B/c1-5-7-8-9-10-11-12-13-16-15(4)14(3)6-2/h14-15H,5-13H2,1-4H3. The zero-order chi connectivity index (χ0) is 12.2.